The molecule has 0 amide bonds. The van der Waals surface area contributed by atoms with Crippen LogP contribution in [-0.4, -0.2) is 18.2 Å². The second kappa shape index (κ2) is 23.7. The highest BCUT2D eigenvalue weighted by Crippen LogP contribution is 2.25. The third-order valence-electron chi connectivity index (χ3n) is 7.72. The molecular formula is C36H58FNO2. The lowest BCUT2D eigenvalue weighted by atomic mass is 10.1. The molecule has 0 unspecified atom stereocenters. The molecule has 0 radical (unpaired) electrons. The fourth-order valence-electron chi connectivity index (χ4n) is 5.11. The highest BCUT2D eigenvalue weighted by molar-refractivity contribution is 5.60. The van der Waals surface area contributed by atoms with Crippen LogP contribution < -0.4 is 4.74 Å². The predicted molar refractivity (Wildman–Crippen MR) is 168 cm³/mol. The molecule has 1 aromatic heterocycles. The van der Waals surface area contributed by atoms with Crippen molar-refractivity contribution >= 4 is 0 Å². The molecule has 0 spiro atoms. The van der Waals surface area contributed by atoms with Gasteiger partial charge in [0.15, 0.2) is 11.6 Å². The van der Waals surface area contributed by atoms with E-state index < -0.39 is 0 Å². The van der Waals surface area contributed by atoms with Crippen LogP contribution in [0.3, 0.4) is 0 Å². The van der Waals surface area contributed by atoms with Gasteiger partial charge in [-0.2, -0.15) is 0 Å². The number of unbranched alkanes of at least 4 members (excludes halogenated alkanes) is 18. The first-order valence-corrected chi connectivity index (χ1v) is 16.7. The van der Waals surface area contributed by atoms with Crippen LogP contribution in [0.1, 0.15) is 148 Å². The molecule has 0 aliphatic rings. The highest BCUT2D eigenvalue weighted by Gasteiger charge is 2.08. The molecule has 2 rings (SSSR count). The van der Waals surface area contributed by atoms with E-state index in [1.165, 1.54) is 115 Å². The number of halogens is 1. The van der Waals surface area contributed by atoms with Crippen molar-refractivity contribution in [2.24, 2.45) is 0 Å². The second-order valence-electron chi connectivity index (χ2n) is 11.5. The summed E-state index contributed by atoms with van der Waals surface area (Å²) in [7, 11) is 0. The van der Waals surface area contributed by atoms with Crippen LogP contribution in [0, 0.1) is 5.82 Å². The third-order valence-corrected chi connectivity index (χ3v) is 7.72. The zero-order valence-electron chi connectivity index (χ0n) is 25.9. The molecule has 0 fully saturated rings. The average molecular weight is 556 g/mol. The van der Waals surface area contributed by atoms with E-state index in [0.29, 0.717) is 19.0 Å². The number of ether oxygens (including phenoxy) is 2. The van der Waals surface area contributed by atoms with E-state index in [9.17, 15) is 4.39 Å². The van der Waals surface area contributed by atoms with E-state index >= 15 is 0 Å². The molecule has 0 saturated heterocycles. The van der Waals surface area contributed by atoms with Crippen LogP contribution in [0.5, 0.6) is 5.75 Å². The number of nitrogens with zero attached hydrogens (tertiary/aromatic N) is 1. The molecule has 0 aliphatic carbocycles. The van der Waals surface area contributed by atoms with Gasteiger partial charge >= 0.3 is 0 Å². The molecule has 1 heterocycles. The van der Waals surface area contributed by atoms with Gasteiger partial charge in [-0.15, -0.1) is 0 Å². The fraction of sp³-hybridized carbons (Fsp3) is 0.694. The van der Waals surface area contributed by atoms with Crippen molar-refractivity contribution in [2.75, 3.05) is 13.2 Å². The Hall–Kier alpha value is -1.94. The van der Waals surface area contributed by atoms with Gasteiger partial charge in [0, 0.05) is 18.4 Å². The van der Waals surface area contributed by atoms with Gasteiger partial charge in [-0.3, -0.25) is 4.98 Å². The van der Waals surface area contributed by atoms with Gasteiger partial charge in [0.1, 0.15) is 0 Å². The first-order chi connectivity index (χ1) is 19.7. The Morgan fingerprint density at radius 3 is 1.62 bits per heavy atom. The largest absolute Gasteiger partial charge is 0.491 e. The number of benzene rings is 1. The molecule has 0 saturated carbocycles. The van der Waals surface area contributed by atoms with Crippen molar-refractivity contribution in [1.29, 1.82) is 0 Å². The van der Waals surface area contributed by atoms with E-state index in [1.54, 1.807) is 6.07 Å². The van der Waals surface area contributed by atoms with Crippen LogP contribution in [0.2, 0.25) is 0 Å². The normalized spacial score (nSPS) is 11.3. The van der Waals surface area contributed by atoms with E-state index in [4.69, 9.17) is 9.47 Å². The Balaban J connectivity index is 1.54. The number of aromatic nitrogens is 1. The highest BCUT2D eigenvalue weighted by atomic mass is 19.1. The minimum Gasteiger partial charge on any atom is -0.491 e. The number of rotatable bonds is 26. The average Bonchev–Trinajstić information content (AvgIpc) is 2.97. The van der Waals surface area contributed by atoms with Crippen LogP contribution in [0.15, 0.2) is 36.5 Å². The summed E-state index contributed by atoms with van der Waals surface area (Å²) in [4.78, 5) is 4.54. The Labute approximate surface area is 245 Å². The smallest absolute Gasteiger partial charge is 0.165 e. The SMILES string of the molecule is CCCCCCCCCCCCOCc1ccc(-c2ccc(OCCCCCCCCCCCC)c(F)c2)nc1. The van der Waals surface area contributed by atoms with E-state index in [1.807, 2.05) is 24.4 Å². The Morgan fingerprint density at radius 2 is 1.12 bits per heavy atom. The summed E-state index contributed by atoms with van der Waals surface area (Å²) in [6, 6.07) is 9.11. The summed E-state index contributed by atoms with van der Waals surface area (Å²) < 4.78 is 26.2. The summed E-state index contributed by atoms with van der Waals surface area (Å²) >= 11 is 0. The van der Waals surface area contributed by atoms with Crippen LogP contribution in [-0.2, 0) is 11.3 Å². The zero-order valence-corrected chi connectivity index (χ0v) is 25.9. The van der Waals surface area contributed by atoms with Gasteiger partial charge in [-0.1, -0.05) is 135 Å². The maximum absolute atomic E-state index is 14.6. The summed E-state index contributed by atoms with van der Waals surface area (Å²) in [5.74, 6) is 0.00644. The van der Waals surface area contributed by atoms with Crippen molar-refractivity contribution in [1.82, 2.24) is 4.98 Å². The summed E-state index contributed by atoms with van der Waals surface area (Å²) in [6.45, 7) is 6.47. The van der Waals surface area contributed by atoms with Gasteiger partial charge in [-0.25, -0.2) is 4.39 Å². The van der Waals surface area contributed by atoms with Crippen molar-refractivity contribution < 1.29 is 13.9 Å². The Bertz CT molecular complexity index is 854. The molecule has 0 bridgehead atoms. The summed E-state index contributed by atoms with van der Waals surface area (Å²) in [5, 5.41) is 0. The van der Waals surface area contributed by atoms with E-state index in [2.05, 4.69) is 18.8 Å². The molecule has 4 heteroatoms. The molecule has 226 valence electrons. The number of pyridine rings is 1. The molecule has 2 aromatic rings. The predicted octanol–water partition coefficient (Wildman–Crippen LogP) is 11.6. The lowest BCUT2D eigenvalue weighted by Gasteiger charge is -2.09. The molecule has 0 N–H and O–H groups in total. The molecule has 1 aromatic carbocycles. The first-order valence-electron chi connectivity index (χ1n) is 16.7. The topological polar surface area (TPSA) is 31.4 Å². The monoisotopic (exact) mass is 555 g/mol. The van der Waals surface area contributed by atoms with E-state index in [0.717, 1.165) is 42.7 Å². The van der Waals surface area contributed by atoms with Crippen LogP contribution in [0.25, 0.3) is 11.3 Å². The molecular weight excluding hydrogens is 497 g/mol. The van der Waals surface area contributed by atoms with Crippen LogP contribution >= 0.6 is 0 Å². The Kier molecular flexibility index (Phi) is 20.3. The van der Waals surface area contributed by atoms with Gasteiger partial charge < -0.3 is 9.47 Å². The van der Waals surface area contributed by atoms with Gasteiger partial charge in [-0.05, 0) is 42.7 Å². The summed E-state index contributed by atoms with van der Waals surface area (Å²) in [6.07, 6.45) is 27.9. The zero-order chi connectivity index (χ0) is 28.5. The first kappa shape index (κ1) is 34.3. The van der Waals surface area contributed by atoms with Gasteiger partial charge in [0.2, 0.25) is 0 Å². The lowest BCUT2D eigenvalue weighted by Crippen LogP contribution is -2.00. The molecule has 0 aliphatic heterocycles. The maximum atomic E-state index is 14.6. The van der Waals surface area contributed by atoms with Crippen molar-refractivity contribution in [2.45, 2.75) is 149 Å². The van der Waals surface area contributed by atoms with Crippen molar-refractivity contribution in [3.05, 3.63) is 47.9 Å². The van der Waals surface area contributed by atoms with Gasteiger partial charge in [0.25, 0.3) is 0 Å². The fourth-order valence-corrected chi connectivity index (χ4v) is 5.11. The maximum Gasteiger partial charge on any atom is 0.165 e. The quantitative estimate of drug-likeness (QED) is 0.108. The standard InChI is InChI=1S/C36H58FNO2/c1-3-5-7-9-11-13-15-17-19-21-27-39-31-32-23-25-35(38-30-32)33-24-26-36(34(37)29-33)40-28-22-20-18-16-14-12-10-8-6-4-2/h23-26,29-30H,3-22,27-28,31H2,1-2H3. The van der Waals surface area contributed by atoms with Crippen molar-refractivity contribution in [3.8, 4) is 17.0 Å². The van der Waals surface area contributed by atoms with Crippen molar-refractivity contribution in [3.63, 3.8) is 0 Å². The third kappa shape index (κ3) is 16.4. The van der Waals surface area contributed by atoms with E-state index in [-0.39, 0.29) is 5.82 Å². The minimum absolute atomic E-state index is 0.324. The lowest BCUT2D eigenvalue weighted by molar-refractivity contribution is 0.116. The Morgan fingerprint density at radius 1 is 0.600 bits per heavy atom. The molecule has 40 heavy (non-hydrogen) atoms. The summed E-state index contributed by atoms with van der Waals surface area (Å²) in [5.41, 5.74) is 2.58. The molecule has 0 atom stereocenters. The minimum atomic E-state index is -0.324. The second-order valence-corrected chi connectivity index (χ2v) is 11.5. The van der Waals surface area contributed by atoms with Crippen LogP contribution in [0.4, 0.5) is 4.39 Å². The number of hydrogen-bond acceptors (Lipinski definition) is 3. The van der Waals surface area contributed by atoms with Gasteiger partial charge in [0.05, 0.1) is 18.9 Å². The number of hydrogen-bond donors (Lipinski definition) is 0. The molecule has 3 nitrogen and oxygen atoms in total.